The van der Waals surface area contributed by atoms with Crippen molar-refractivity contribution < 1.29 is 0 Å². The molecule has 0 aliphatic carbocycles. The number of aryl methyl sites for hydroxylation is 2. The van der Waals surface area contributed by atoms with E-state index in [1.807, 2.05) is 19.1 Å². The van der Waals surface area contributed by atoms with Crippen molar-refractivity contribution in [3.05, 3.63) is 50.4 Å². The fourth-order valence-electron chi connectivity index (χ4n) is 1.85. The number of nitrogens with zero attached hydrogens (tertiary/aromatic N) is 1. The summed E-state index contributed by atoms with van der Waals surface area (Å²) in [5, 5.41) is 1.91. The first-order valence-corrected chi connectivity index (χ1v) is 7.18. The molecule has 1 aromatic heterocycles. The van der Waals surface area contributed by atoms with Crippen LogP contribution in [0.15, 0.2) is 24.3 Å². The van der Waals surface area contributed by atoms with Gasteiger partial charge in [-0.1, -0.05) is 23.7 Å². The number of rotatable bonds is 4. The molecule has 0 bridgehead atoms. The summed E-state index contributed by atoms with van der Waals surface area (Å²) in [7, 11) is 0. The minimum absolute atomic E-state index is 0.295. The molecule has 2 N–H and O–H groups in total. The van der Waals surface area contributed by atoms with Crippen LogP contribution in [0.2, 0.25) is 5.02 Å². The van der Waals surface area contributed by atoms with Gasteiger partial charge in [-0.3, -0.25) is 0 Å². The first-order chi connectivity index (χ1) is 8.60. The highest BCUT2D eigenvalue weighted by atomic mass is 35.5. The molecule has 0 saturated carbocycles. The normalized spacial score (nSPS) is 12.7. The molecule has 0 aliphatic heterocycles. The number of nitrogens with two attached hydrogens (primary N) is 1. The van der Waals surface area contributed by atoms with Gasteiger partial charge in [0.1, 0.15) is 0 Å². The van der Waals surface area contributed by atoms with Crippen molar-refractivity contribution in [1.29, 1.82) is 0 Å². The van der Waals surface area contributed by atoms with Gasteiger partial charge in [0.2, 0.25) is 0 Å². The number of hydrogen-bond donors (Lipinski definition) is 1. The molecule has 0 amide bonds. The molecule has 0 fully saturated rings. The van der Waals surface area contributed by atoms with E-state index in [0.29, 0.717) is 12.5 Å². The largest absolute Gasteiger partial charge is 0.330 e. The number of aromatic nitrogens is 1. The standard InChI is InChI=1S/C14H17ClN2S/c1-9-10(2)18-14(17-9)12(8-16)7-11-3-5-13(15)6-4-11/h3-6,12H,7-8,16H2,1-2H3. The molecule has 0 radical (unpaired) electrons. The Morgan fingerprint density at radius 1 is 1.28 bits per heavy atom. The summed E-state index contributed by atoms with van der Waals surface area (Å²) in [5.41, 5.74) is 8.25. The zero-order valence-corrected chi connectivity index (χ0v) is 12.2. The molecular weight excluding hydrogens is 264 g/mol. The number of thiazole rings is 1. The van der Waals surface area contributed by atoms with Crippen LogP contribution >= 0.6 is 22.9 Å². The van der Waals surface area contributed by atoms with E-state index in [4.69, 9.17) is 17.3 Å². The fourth-order valence-corrected chi connectivity index (χ4v) is 3.01. The second-order valence-electron chi connectivity index (χ2n) is 4.46. The maximum absolute atomic E-state index is 5.89. The molecule has 2 rings (SSSR count). The molecule has 0 spiro atoms. The molecule has 18 heavy (non-hydrogen) atoms. The molecule has 0 saturated heterocycles. The van der Waals surface area contributed by atoms with Crippen molar-refractivity contribution in [2.75, 3.05) is 6.54 Å². The van der Waals surface area contributed by atoms with Gasteiger partial charge in [-0.25, -0.2) is 4.98 Å². The Labute approximate surface area is 117 Å². The van der Waals surface area contributed by atoms with E-state index in [0.717, 1.165) is 22.1 Å². The molecule has 4 heteroatoms. The van der Waals surface area contributed by atoms with Crippen LogP contribution in [-0.2, 0) is 6.42 Å². The minimum Gasteiger partial charge on any atom is -0.330 e. The molecule has 1 heterocycles. The van der Waals surface area contributed by atoms with Crippen LogP contribution < -0.4 is 5.73 Å². The predicted molar refractivity (Wildman–Crippen MR) is 78.5 cm³/mol. The van der Waals surface area contributed by atoms with E-state index >= 15 is 0 Å². The second kappa shape index (κ2) is 5.83. The van der Waals surface area contributed by atoms with Crippen LogP contribution in [0.4, 0.5) is 0 Å². The van der Waals surface area contributed by atoms with Crippen LogP contribution in [0.25, 0.3) is 0 Å². The molecule has 2 nitrogen and oxygen atoms in total. The van der Waals surface area contributed by atoms with Crippen LogP contribution in [0, 0.1) is 13.8 Å². The van der Waals surface area contributed by atoms with E-state index < -0.39 is 0 Å². The lowest BCUT2D eigenvalue weighted by molar-refractivity contribution is 0.687. The van der Waals surface area contributed by atoms with Gasteiger partial charge in [-0.15, -0.1) is 11.3 Å². The van der Waals surface area contributed by atoms with Crippen LogP contribution in [0.5, 0.6) is 0 Å². The SMILES string of the molecule is Cc1nc(C(CN)Cc2ccc(Cl)cc2)sc1C. The van der Waals surface area contributed by atoms with Gasteiger partial charge in [0.05, 0.1) is 10.7 Å². The third-order valence-corrected chi connectivity index (χ3v) is 4.56. The molecule has 96 valence electrons. The molecule has 1 aromatic carbocycles. The number of benzene rings is 1. The number of halogens is 1. The Bertz CT molecular complexity index is 500. The minimum atomic E-state index is 0.295. The maximum atomic E-state index is 5.89. The lowest BCUT2D eigenvalue weighted by Gasteiger charge is -2.11. The topological polar surface area (TPSA) is 38.9 Å². The highest BCUT2D eigenvalue weighted by Crippen LogP contribution is 2.27. The monoisotopic (exact) mass is 280 g/mol. The van der Waals surface area contributed by atoms with Gasteiger partial charge in [0.25, 0.3) is 0 Å². The first-order valence-electron chi connectivity index (χ1n) is 5.98. The van der Waals surface area contributed by atoms with Gasteiger partial charge >= 0.3 is 0 Å². The van der Waals surface area contributed by atoms with E-state index in [9.17, 15) is 0 Å². The molecule has 2 aromatic rings. The molecule has 0 aliphatic rings. The zero-order chi connectivity index (χ0) is 13.1. The van der Waals surface area contributed by atoms with Crippen LogP contribution in [-0.4, -0.2) is 11.5 Å². The van der Waals surface area contributed by atoms with Crippen molar-refractivity contribution in [1.82, 2.24) is 4.98 Å². The Balaban J connectivity index is 2.16. The lowest BCUT2D eigenvalue weighted by atomic mass is 10.00. The summed E-state index contributed by atoms with van der Waals surface area (Å²) in [6.07, 6.45) is 0.917. The summed E-state index contributed by atoms with van der Waals surface area (Å²) in [4.78, 5) is 5.88. The van der Waals surface area contributed by atoms with Gasteiger partial charge in [0, 0.05) is 22.4 Å². The summed E-state index contributed by atoms with van der Waals surface area (Å²) in [5.74, 6) is 0.295. The zero-order valence-electron chi connectivity index (χ0n) is 10.6. The average Bonchev–Trinajstić information content (AvgIpc) is 2.69. The Kier molecular flexibility index (Phi) is 4.38. The average molecular weight is 281 g/mol. The van der Waals surface area contributed by atoms with Crippen molar-refractivity contribution in [3.63, 3.8) is 0 Å². The highest BCUT2D eigenvalue weighted by molar-refractivity contribution is 7.11. The Hall–Kier alpha value is -0.900. The first kappa shape index (κ1) is 13.5. The Morgan fingerprint density at radius 2 is 1.94 bits per heavy atom. The van der Waals surface area contributed by atoms with E-state index in [1.54, 1.807) is 11.3 Å². The number of hydrogen-bond acceptors (Lipinski definition) is 3. The van der Waals surface area contributed by atoms with Gasteiger partial charge < -0.3 is 5.73 Å². The summed E-state index contributed by atoms with van der Waals surface area (Å²) < 4.78 is 0. The van der Waals surface area contributed by atoms with Crippen molar-refractivity contribution in [2.45, 2.75) is 26.2 Å². The summed E-state index contributed by atoms with van der Waals surface area (Å²) in [6.45, 7) is 4.77. The van der Waals surface area contributed by atoms with Crippen LogP contribution in [0.1, 0.15) is 27.1 Å². The smallest absolute Gasteiger partial charge is 0.0977 e. The Morgan fingerprint density at radius 3 is 2.44 bits per heavy atom. The van der Waals surface area contributed by atoms with Gasteiger partial charge in [-0.05, 0) is 38.0 Å². The lowest BCUT2D eigenvalue weighted by Crippen LogP contribution is -2.14. The fraction of sp³-hybridized carbons (Fsp3) is 0.357. The summed E-state index contributed by atoms with van der Waals surface area (Å²) in [6, 6.07) is 7.95. The molecule has 1 unspecified atom stereocenters. The van der Waals surface area contributed by atoms with Crippen molar-refractivity contribution in [2.24, 2.45) is 5.73 Å². The van der Waals surface area contributed by atoms with E-state index in [1.165, 1.54) is 10.4 Å². The van der Waals surface area contributed by atoms with E-state index in [2.05, 4.69) is 24.0 Å². The maximum Gasteiger partial charge on any atom is 0.0977 e. The van der Waals surface area contributed by atoms with Gasteiger partial charge in [0.15, 0.2) is 0 Å². The van der Waals surface area contributed by atoms with Gasteiger partial charge in [-0.2, -0.15) is 0 Å². The molecular formula is C14H17ClN2S. The quantitative estimate of drug-likeness (QED) is 0.927. The highest BCUT2D eigenvalue weighted by Gasteiger charge is 2.15. The third-order valence-electron chi connectivity index (χ3n) is 3.07. The van der Waals surface area contributed by atoms with E-state index in [-0.39, 0.29) is 0 Å². The third kappa shape index (κ3) is 3.10. The van der Waals surface area contributed by atoms with Crippen LogP contribution in [0.3, 0.4) is 0 Å². The summed E-state index contributed by atoms with van der Waals surface area (Å²) >= 11 is 7.64. The molecule has 1 atom stereocenters. The van der Waals surface area contributed by atoms with Crippen molar-refractivity contribution in [3.8, 4) is 0 Å². The second-order valence-corrected chi connectivity index (χ2v) is 6.13. The predicted octanol–water partition coefficient (Wildman–Crippen LogP) is 3.70. The van der Waals surface area contributed by atoms with Crippen molar-refractivity contribution >= 4 is 22.9 Å².